The molecule has 4 heteroatoms. The van der Waals surface area contributed by atoms with Crippen molar-refractivity contribution in [2.24, 2.45) is 0 Å². The molecule has 8 rings (SSSR count). The summed E-state index contributed by atoms with van der Waals surface area (Å²) < 4.78 is 0. The molecule has 0 aliphatic heterocycles. The standard InChI is InChI=1S/2C34H41.C2H6Si.2ClH.Zr/c2*1-8-9-10-11-24-22-31-29(25-12-16-27(17-13-25)33(2,3)4)20-21-30(32(31)23-24)26-14-18-28(19-15-26)34(5,6)7;1-3-2;;;/h2*12-23H,8-11H2,1-7H3;1-2H3;2*1H;/q2*-1;;;;+4/p-2. The zero-order chi connectivity index (χ0) is 54.4. The third-order valence-electron chi connectivity index (χ3n) is 14.3. The molecule has 0 bridgehead atoms. The summed E-state index contributed by atoms with van der Waals surface area (Å²) in [6.07, 6.45) is 9.96. The first-order valence-corrected chi connectivity index (χ1v) is 35.7. The molecule has 8 aromatic carbocycles. The van der Waals surface area contributed by atoms with E-state index in [-0.39, 0.29) is 21.7 Å². The van der Waals surface area contributed by atoms with Crippen molar-refractivity contribution in [1.82, 2.24) is 0 Å². The van der Waals surface area contributed by atoms with E-state index in [0.29, 0.717) is 0 Å². The molecule has 0 aliphatic rings. The van der Waals surface area contributed by atoms with Crippen LogP contribution in [0.3, 0.4) is 0 Å². The zero-order valence-electron chi connectivity index (χ0n) is 48.3. The molecule has 0 unspecified atom stereocenters. The van der Waals surface area contributed by atoms with Crippen LogP contribution in [0, 0.1) is 0 Å². The molecule has 0 atom stereocenters. The van der Waals surface area contributed by atoms with Crippen molar-refractivity contribution >= 4 is 48.1 Å². The van der Waals surface area contributed by atoms with Crippen LogP contribution in [0.5, 0.6) is 0 Å². The van der Waals surface area contributed by atoms with Gasteiger partial charge < -0.3 is 0 Å². The van der Waals surface area contributed by atoms with E-state index in [2.05, 4.69) is 256 Å². The zero-order valence-corrected chi connectivity index (χ0v) is 53.2. The third-order valence-corrected chi connectivity index (χ3v) is 14.3. The van der Waals surface area contributed by atoms with Crippen molar-refractivity contribution in [2.45, 2.75) is 183 Å². The summed E-state index contributed by atoms with van der Waals surface area (Å²) in [6.45, 7) is 36.2. The van der Waals surface area contributed by atoms with Gasteiger partial charge >= 0.3 is 37.9 Å². The van der Waals surface area contributed by atoms with Crippen LogP contribution in [0.2, 0.25) is 13.1 Å². The fourth-order valence-corrected chi connectivity index (χ4v) is 9.77. The normalized spacial score (nSPS) is 11.8. The van der Waals surface area contributed by atoms with Gasteiger partial charge in [0.05, 0.1) is 0 Å². The van der Waals surface area contributed by atoms with E-state index in [1.807, 2.05) is 0 Å². The average Bonchev–Trinajstić information content (AvgIpc) is 3.99. The number of hydrogen-bond donors (Lipinski definition) is 0. The van der Waals surface area contributed by atoms with Gasteiger partial charge in [0.1, 0.15) is 0 Å². The molecule has 0 N–H and O–H groups in total. The molecular weight excluding hydrogens is 1030 g/mol. The Morgan fingerprint density at radius 2 is 0.608 bits per heavy atom. The molecule has 8 aromatic rings. The molecule has 0 amide bonds. The number of aryl methyl sites for hydroxylation is 2. The van der Waals surface area contributed by atoms with Gasteiger partial charge in [0.25, 0.3) is 0 Å². The van der Waals surface area contributed by atoms with Crippen LogP contribution in [0.1, 0.15) is 169 Å². The Bertz CT molecular complexity index is 2540. The molecule has 0 nitrogen and oxygen atoms in total. The van der Waals surface area contributed by atoms with E-state index in [9.17, 15) is 0 Å². The summed E-state index contributed by atoms with van der Waals surface area (Å²) in [6, 6.07) is 55.9. The summed E-state index contributed by atoms with van der Waals surface area (Å²) in [7, 11) is 11.0. The van der Waals surface area contributed by atoms with E-state index in [1.165, 1.54) is 138 Å². The van der Waals surface area contributed by atoms with Gasteiger partial charge in [-0.3, -0.25) is 0 Å². The Hall–Kier alpha value is -3.78. The van der Waals surface area contributed by atoms with Crippen LogP contribution < -0.4 is 0 Å². The molecule has 0 spiro atoms. The first-order valence-electron chi connectivity index (χ1n) is 27.4. The fraction of sp³-hybridized carbons (Fsp3) is 0.400. The van der Waals surface area contributed by atoms with Gasteiger partial charge in [-0.25, -0.2) is 0 Å². The van der Waals surface area contributed by atoms with E-state index in [1.54, 1.807) is 0 Å². The molecule has 390 valence electrons. The van der Waals surface area contributed by atoms with Crippen LogP contribution in [0.4, 0.5) is 0 Å². The van der Waals surface area contributed by atoms with Crippen LogP contribution in [0.15, 0.2) is 146 Å². The second kappa shape index (κ2) is 27.5. The number of hydrogen-bond acceptors (Lipinski definition) is 0. The molecule has 0 fully saturated rings. The van der Waals surface area contributed by atoms with Crippen molar-refractivity contribution in [1.29, 1.82) is 0 Å². The number of rotatable bonds is 12. The Kier molecular flexibility index (Phi) is 22.7. The van der Waals surface area contributed by atoms with Gasteiger partial charge in [-0.05, 0) is 67.9 Å². The predicted octanol–water partition coefficient (Wildman–Crippen LogP) is 22.6. The van der Waals surface area contributed by atoms with Crippen LogP contribution in [-0.2, 0) is 55.3 Å². The van der Waals surface area contributed by atoms with Gasteiger partial charge in [-0.15, -0.1) is 44.8 Å². The van der Waals surface area contributed by atoms with Gasteiger partial charge in [0, 0.05) is 9.52 Å². The van der Waals surface area contributed by atoms with Crippen LogP contribution in [0.25, 0.3) is 66.1 Å². The third kappa shape index (κ3) is 16.6. The van der Waals surface area contributed by atoms with Gasteiger partial charge in [0.15, 0.2) is 0 Å². The summed E-state index contributed by atoms with van der Waals surface area (Å²) in [5, 5.41) is 5.53. The minimum absolute atomic E-state index is 0.170. The molecule has 0 aliphatic carbocycles. The molecular formula is C70H88Cl2SiZr. The van der Waals surface area contributed by atoms with Crippen LogP contribution >= 0.6 is 17.0 Å². The van der Waals surface area contributed by atoms with Gasteiger partial charge in [-0.2, -0.15) is 12.1 Å². The molecule has 74 heavy (non-hydrogen) atoms. The Balaban J connectivity index is 0.000000248. The Labute approximate surface area is 471 Å². The van der Waals surface area contributed by atoms with Crippen molar-refractivity contribution in [3.63, 3.8) is 0 Å². The maximum atomic E-state index is 4.93. The Morgan fingerprint density at radius 1 is 0.378 bits per heavy atom. The summed E-state index contributed by atoms with van der Waals surface area (Å²) >= 11 is -0.826. The van der Waals surface area contributed by atoms with E-state index in [0.717, 1.165) is 22.4 Å². The monoisotopic (exact) mass is 1120 g/mol. The van der Waals surface area contributed by atoms with E-state index in [4.69, 9.17) is 17.0 Å². The molecule has 0 saturated heterocycles. The summed E-state index contributed by atoms with van der Waals surface area (Å²) in [4.78, 5) is 0. The van der Waals surface area contributed by atoms with Crippen molar-refractivity contribution in [3.05, 3.63) is 179 Å². The number of benzene rings is 6. The average molecular weight is 1120 g/mol. The second-order valence-electron chi connectivity index (χ2n) is 24.5. The van der Waals surface area contributed by atoms with E-state index >= 15 is 0 Å². The molecule has 0 heterocycles. The van der Waals surface area contributed by atoms with Crippen molar-refractivity contribution in [3.8, 4) is 44.5 Å². The van der Waals surface area contributed by atoms with Gasteiger partial charge in [-0.1, -0.05) is 303 Å². The second-order valence-corrected chi connectivity index (χ2v) is 29.2. The minimum atomic E-state index is -0.826. The number of fused-ring (bicyclic) bond motifs is 2. The Morgan fingerprint density at radius 3 is 0.838 bits per heavy atom. The number of halogens is 2. The van der Waals surface area contributed by atoms with Crippen molar-refractivity contribution < 1.29 is 20.8 Å². The van der Waals surface area contributed by atoms with E-state index < -0.39 is 20.8 Å². The first kappa shape index (κ1) is 61.1. The SMILES string of the molecule is CCCCCc1cc2c(-c3ccc(C(C)(C)C)cc3)ccc(-c3ccc(C(C)(C)C)cc3)c2[cH-]1.CCCCCc1cc2c(-c3ccc(C(C)(C)C)cc3)ccc(-c3ccc(C(C)(C)C)cc3)c2[cH-]1.C[Si]C.[Cl][Zr+2][Cl]. The van der Waals surface area contributed by atoms with Crippen LogP contribution in [-0.4, -0.2) is 9.52 Å². The maximum absolute atomic E-state index is 4.93. The quantitative estimate of drug-likeness (QED) is 0.0650. The first-order chi connectivity index (χ1) is 35.0. The fourth-order valence-electron chi connectivity index (χ4n) is 9.77. The molecule has 0 saturated carbocycles. The topological polar surface area (TPSA) is 0 Å². The number of unbranched alkanes of at least 4 members (excludes halogenated alkanes) is 4. The molecule has 2 radical (unpaired) electrons. The molecule has 0 aromatic heterocycles. The summed E-state index contributed by atoms with van der Waals surface area (Å²) in [5.41, 5.74) is 19.7. The summed E-state index contributed by atoms with van der Waals surface area (Å²) in [5.74, 6) is 0. The van der Waals surface area contributed by atoms with Crippen molar-refractivity contribution in [2.75, 3.05) is 0 Å². The van der Waals surface area contributed by atoms with Gasteiger partial charge in [0.2, 0.25) is 0 Å². The predicted molar refractivity (Wildman–Crippen MR) is 331 cm³/mol.